The molecule has 9 nitrogen and oxygen atoms in total. The van der Waals surface area contributed by atoms with E-state index in [4.69, 9.17) is 23.7 Å². The van der Waals surface area contributed by atoms with Gasteiger partial charge in [-0.25, -0.2) is 4.39 Å². The molecule has 1 saturated heterocycles. The van der Waals surface area contributed by atoms with Crippen molar-refractivity contribution in [2.75, 3.05) is 6.61 Å². The Morgan fingerprint density at radius 2 is 1.33 bits per heavy atom. The van der Waals surface area contributed by atoms with Gasteiger partial charge in [0.25, 0.3) is 0 Å². The van der Waals surface area contributed by atoms with Gasteiger partial charge in [-0.15, -0.1) is 0 Å². The van der Waals surface area contributed by atoms with E-state index in [1.807, 2.05) is 0 Å². The van der Waals surface area contributed by atoms with E-state index >= 15 is 0 Å². The highest BCUT2D eigenvalue weighted by atomic mass is 19.1. The first kappa shape index (κ1) is 19.8. The summed E-state index contributed by atoms with van der Waals surface area (Å²) in [6.45, 7) is 3.86. The minimum atomic E-state index is -2.10. The summed E-state index contributed by atoms with van der Waals surface area (Å²) < 4.78 is 39.0. The molecule has 136 valence electrons. The van der Waals surface area contributed by atoms with E-state index < -0.39 is 61.3 Å². The standard InChI is InChI=1S/C14H19FO9/c1-6(16)20-5-10-12(21-7(2)17)13(22-8(3)18)11(15)14(24-10)23-9(4)19/h10-14H,5H2,1-4H3/t10-,11-,12+,13-,14?/m1/s1. The summed E-state index contributed by atoms with van der Waals surface area (Å²) in [7, 11) is 0. The molecule has 1 heterocycles. The molecule has 1 aliphatic heterocycles. The lowest BCUT2D eigenvalue weighted by atomic mass is 9.99. The van der Waals surface area contributed by atoms with E-state index in [1.54, 1.807) is 0 Å². The average molecular weight is 350 g/mol. The Morgan fingerprint density at radius 3 is 1.79 bits per heavy atom. The Bertz CT molecular complexity index is 490. The molecule has 1 rings (SSSR count). The predicted molar refractivity (Wildman–Crippen MR) is 73.1 cm³/mol. The highest BCUT2D eigenvalue weighted by Crippen LogP contribution is 2.29. The van der Waals surface area contributed by atoms with Crippen molar-refractivity contribution in [1.29, 1.82) is 0 Å². The van der Waals surface area contributed by atoms with Crippen LogP contribution < -0.4 is 0 Å². The minimum Gasteiger partial charge on any atom is -0.463 e. The van der Waals surface area contributed by atoms with Crippen molar-refractivity contribution in [2.24, 2.45) is 0 Å². The van der Waals surface area contributed by atoms with Crippen LogP contribution in [0.5, 0.6) is 0 Å². The van der Waals surface area contributed by atoms with Crippen LogP contribution in [0.3, 0.4) is 0 Å². The minimum absolute atomic E-state index is 0.421. The van der Waals surface area contributed by atoms with E-state index in [0.29, 0.717) is 0 Å². The van der Waals surface area contributed by atoms with E-state index in [-0.39, 0.29) is 0 Å². The zero-order valence-corrected chi connectivity index (χ0v) is 13.6. The summed E-state index contributed by atoms with van der Waals surface area (Å²) >= 11 is 0. The molecule has 1 fully saturated rings. The number of hydrogen-bond donors (Lipinski definition) is 0. The molecule has 1 aliphatic rings. The fourth-order valence-electron chi connectivity index (χ4n) is 2.12. The monoisotopic (exact) mass is 350 g/mol. The Hall–Kier alpha value is -2.23. The highest BCUT2D eigenvalue weighted by molar-refractivity contribution is 5.68. The number of hydrogen-bond acceptors (Lipinski definition) is 9. The number of halogens is 1. The summed E-state index contributed by atoms with van der Waals surface area (Å²) in [4.78, 5) is 44.5. The predicted octanol–water partition coefficient (Wildman–Crippen LogP) is 0.0390. The van der Waals surface area contributed by atoms with Gasteiger partial charge in [0.05, 0.1) is 0 Å². The molecule has 0 aromatic rings. The van der Waals surface area contributed by atoms with Crippen LogP contribution in [-0.4, -0.2) is 61.3 Å². The number of ether oxygens (including phenoxy) is 5. The number of esters is 4. The molecule has 0 aromatic heterocycles. The van der Waals surface area contributed by atoms with Gasteiger partial charge in [0.2, 0.25) is 12.5 Å². The topological polar surface area (TPSA) is 114 Å². The maximum atomic E-state index is 14.5. The van der Waals surface area contributed by atoms with Crippen LogP contribution in [0.4, 0.5) is 4.39 Å². The van der Waals surface area contributed by atoms with Crippen LogP contribution in [0.25, 0.3) is 0 Å². The quantitative estimate of drug-likeness (QED) is 0.500. The molecule has 5 atom stereocenters. The van der Waals surface area contributed by atoms with Gasteiger partial charge in [0.1, 0.15) is 12.7 Å². The zero-order valence-electron chi connectivity index (χ0n) is 13.6. The van der Waals surface area contributed by atoms with Gasteiger partial charge < -0.3 is 23.7 Å². The summed E-state index contributed by atoms with van der Waals surface area (Å²) in [6, 6.07) is 0. The summed E-state index contributed by atoms with van der Waals surface area (Å²) in [5, 5.41) is 0. The fraction of sp³-hybridized carbons (Fsp3) is 0.714. The SMILES string of the molecule is CC(=O)OC[C@H]1OC(OC(C)=O)[C@H](F)[C@@H](OC(C)=O)[C@H]1OC(C)=O. The van der Waals surface area contributed by atoms with Crippen molar-refractivity contribution in [1.82, 2.24) is 0 Å². The molecule has 0 radical (unpaired) electrons. The van der Waals surface area contributed by atoms with Crippen molar-refractivity contribution >= 4 is 23.9 Å². The van der Waals surface area contributed by atoms with Gasteiger partial charge in [-0.3, -0.25) is 19.2 Å². The molecular weight excluding hydrogens is 331 g/mol. The van der Waals surface area contributed by atoms with Gasteiger partial charge in [0, 0.05) is 27.7 Å². The Kier molecular flexibility index (Phi) is 7.08. The molecule has 0 aromatic carbocycles. The maximum absolute atomic E-state index is 14.5. The van der Waals surface area contributed by atoms with Crippen LogP contribution in [0.2, 0.25) is 0 Å². The third-order valence-electron chi connectivity index (χ3n) is 2.91. The van der Waals surface area contributed by atoms with Crippen LogP contribution in [0.15, 0.2) is 0 Å². The first-order valence-corrected chi connectivity index (χ1v) is 7.06. The Labute approximate surface area is 137 Å². The fourth-order valence-corrected chi connectivity index (χ4v) is 2.12. The average Bonchev–Trinajstić information content (AvgIpc) is 2.42. The number of rotatable bonds is 5. The maximum Gasteiger partial charge on any atom is 0.305 e. The third-order valence-corrected chi connectivity index (χ3v) is 2.91. The number of carbonyl (C=O) groups excluding carboxylic acids is 4. The van der Waals surface area contributed by atoms with Crippen LogP contribution in [0, 0.1) is 0 Å². The largest absolute Gasteiger partial charge is 0.463 e. The van der Waals surface area contributed by atoms with Crippen LogP contribution >= 0.6 is 0 Å². The summed E-state index contributed by atoms with van der Waals surface area (Å²) in [5.41, 5.74) is 0. The molecule has 0 bridgehead atoms. The second kappa shape index (κ2) is 8.57. The van der Waals surface area contributed by atoms with E-state index in [2.05, 4.69) is 0 Å². The van der Waals surface area contributed by atoms with Crippen molar-refractivity contribution in [3.05, 3.63) is 0 Å². The number of alkyl halides is 1. The molecule has 0 amide bonds. The Morgan fingerprint density at radius 1 is 0.833 bits per heavy atom. The summed E-state index contributed by atoms with van der Waals surface area (Å²) in [5.74, 6) is -3.11. The van der Waals surface area contributed by atoms with Crippen molar-refractivity contribution in [3.8, 4) is 0 Å². The smallest absolute Gasteiger partial charge is 0.305 e. The summed E-state index contributed by atoms with van der Waals surface area (Å²) in [6.07, 6.45) is -7.98. The lowest BCUT2D eigenvalue weighted by molar-refractivity contribution is -0.284. The Balaban J connectivity index is 3.08. The lowest BCUT2D eigenvalue weighted by Gasteiger charge is -2.41. The van der Waals surface area contributed by atoms with Crippen LogP contribution in [-0.2, 0) is 42.9 Å². The highest BCUT2D eigenvalue weighted by Gasteiger charge is 2.52. The zero-order chi connectivity index (χ0) is 18.4. The molecular formula is C14H19FO9. The molecule has 0 spiro atoms. The van der Waals surface area contributed by atoms with Crippen LogP contribution in [0.1, 0.15) is 27.7 Å². The van der Waals surface area contributed by atoms with Gasteiger partial charge in [-0.2, -0.15) is 0 Å². The molecule has 10 heteroatoms. The van der Waals surface area contributed by atoms with Gasteiger partial charge in [-0.1, -0.05) is 0 Å². The van der Waals surface area contributed by atoms with Gasteiger partial charge in [0.15, 0.2) is 12.2 Å². The van der Waals surface area contributed by atoms with Crippen molar-refractivity contribution < 1.29 is 47.3 Å². The van der Waals surface area contributed by atoms with E-state index in [1.165, 1.54) is 0 Å². The first-order chi connectivity index (χ1) is 11.1. The van der Waals surface area contributed by atoms with Gasteiger partial charge >= 0.3 is 23.9 Å². The molecule has 0 aliphatic carbocycles. The van der Waals surface area contributed by atoms with E-state index in [9.17, 15) is 23.6 Å². The second-order valence-corrected chi connectivity index (χ2v) is 5.05. The van der Waals surface area contributed by atoms with Crippen molar-refractivity contribution in [3.63, 3.8) is 0 Å². The third kappa shape index (κ3) is 5.76. The normalized spacial score (nSPS) is 29.3. The molecule has 1 unspecified atom stereocenters. The molecule has 0 saturated carbocycles. The lowest BCUT2D eigenvalue weighted by Crippen LogP contribution is -2.60. The van der Waals surface area contributed by atoms with Crippen molar-refractivity contribution in [2.45, 2.75) is 58.5 Å². The van der Waals surface area contributed by atoms with Gasteiger partial charge in [-0.05, 0) is 0 Å². The first-order valence-electron chi connectivity index (χ1n) is 7.06. The molecule has 24 heavy (non-hydrogen) atoms. The molecule has 0 N–H and O–H groups in total. The number of carbonyl (C=O) groups is 4. The second-order valence-electron chi connectivity index (χ2n) is 5.05. The van der Waals surface area contributed by atoms with E-state index in [0.717, 1.165) is 27.7 Å².